The summed E-state index contributed by atoms with van der Waals surface area (Å²) in [5.74, 6) is -0.0956. The van der Waals surface area contributed by atoms with E-state index in [-0.39, 0.29) is 18.4 Å². The lowest BCUT2D eigenvalue weighted by atomic mass is 10.1. The van der Waals surface area contributed by atoms with E-state index in [0.29, 0.717) is 16.5 Å². The van der Waals surface area contributed by atoms with Gasteiger partial charge >= 0.3 is 0 Å². The average Bonchev–Trinajstić information content (AvgIpc) is 3.33. The number of aromatic nitrogens is 1. The number of hydrogen-bond acceptors (Lipinski definition) is 5. The number of para-hydroxylation sites is 1. The number of thiazole rings is 1. The number of nitrogens with zero attached hydrogens (tertiary/aromatic N) is 2. The Morgan fingerprint density at radius 1 is 1.23 bits per heavy atom. The minimum atomic E-state index is -0.302. The zero-order valence-corrected chi connectivity index (χ0v) is 18.5. The van der Waals surface area contributed by atoms with Crippen LogP contribution in [0.2, 0.25) is 5.02 Å². The molecule has 8 heteroatoms. The van der Waals surface area contributed by atoms with Gasteiger partial charge in [0.1, 0.15) is 11.6 Å². The van der Waals surface area contributed by atoms with Crippen LogP contribution in [0.4, 0.5) is 5.69 Å². The SMILES string of the molecule is Cc1ccc(-c2csc(/C=C3\SCC(=O)N3CC(=O)Nc3ccccc3Cl)n2)cc1. The van der Waals surface area contributed by atoms with Crippen LogP contribution >= 0.6 is 34.7 Å². The molecule has 3 aromatic rings. The largest absolute Gasteiger partial charge is 0.323 e. The summed E-state index contributed by atoms with van der Waals surface area (Å²) in [5, 5.41) is 6.72. The van der Waals surface area contributed by atoms with Crippen molar-refractivity contribution >= 4 is 58.3 Å². The summed E-state index contributed by atoms with van der Waals surface area (Å²) in [5.41, 5.74) is 3.66. The van der Waals surface area contributed by atoms with Crippen molar-refractivity contribution in [2.75, 3.05) is 17.6 Å². The highest BCUT2D eigenvalue weighted by Gasteiger charge is 2.29. The molecule has 1 N–H and O–H groups in total. The Morgan fingerprint density at radius 2 is 2.00 bits per heavy atom. The highest BCUT2D eigenvalue weighted by Crippen LogP contribution is 2.32. The molecule has 0 saturated carbocycles. The Morgan fingerprint density at radius 3 is 2.77 bits per heavy atom. The lowest BCUT2D eigenvalue weighted by molar-refractivity contribution is -0.129. The molecular weight excluding hydrogens is 438 g/mol. The highest BCUT2D eigenvalue weighted by atomic mass is 35.5. The van der Waals surface area contributed by atoms with Gasteiger partial charge in [0.15, 0.2) is 0 Å². The van der Waals surface area contributed by atoms with Gasteiger partial charge in [-0.1, -0.05) is 65.3 Å². The number of thioether (sulfide) groups is 1. The fourth-order valence-electron chi connectivity index (χ4n) is 2.91. The van der Waals surface area contributed by atoms with Crippen molar-refractivity contribution in [1.29, 1.82) is 0 Å². The molecule has 0 bridgehead atoms. The molecular formula is C22H18ClN3O2S2. The zero-order valence-electron chi connectivity index (χ0n) is 16.1. The van der Waals surface area contributed by atoms with Gasteiger partial charge in [0, 0.05) is 17.0 Å². The molecule has 0 atom stereocenters. The molecule has 2 amide bonds. The van der Waals surface area contributed by atoms with Crippen molar-refractivity contribution in [3.05, 3.63) is 74.5 Å². The van der Waals surface area contributed by atoms with Gasteiger partial charge in [-0.25, -0.2) is 4.98 Å². The summed E-state index contributed by atoms with van der Waals surface area (Å²) in [6.07, 6.45) is 1.86. The predicted molar refractivity (Wildman–Crippen MR) is 125 cm³/mol. The molecule has 0 radical (unpaired) electrons. The molecule has 1 aliphatic rings. The van der Waals surface area contributed by atoms with Gasteiger partial charge in [-0.15, -0.1) is 11.3 Å². The second-order valence-corrected chi connectivity index (χ2v) is 9.01. The van der Waals surface area contributed by atoms with Crippen molar-refractivity contribution in [2.45, 2.75) is 6.92 Å². The third-order valence-electron chi connectivity index (χ3n) is 4.48. The quantitative estimate of drug-likeness (QED) is 0.568. The van der Waals surface area contributed by atoms with Crippen molar-refractivity contribution in [3.8, 4) is 11.3 Å². The lowest BCUT2D eigenvalue weighted by Crippen LogP contribution is -2.33. The van der Waals surface area contributed by atoms with Crippen LogP contribution < -0.4 is 5.32 Å². The smallest absolute Gasteiger partial charge is 0.244 e. The molecule has 5 nitrogen and oxygen atoms in total. The lowest BCUT2D eigenvalue weighted by Gasteiger charge is -2.16. The van der Waals surface area contributed by atoms with Crippen LogP contribution in [0.1, 0.15) is 10.6 Å². The van der Waals surface area contributed by atoms with Crippen LogP contribution in [-0.2, 0) is 9.59 Å². The topological polar surface area (TPSA) is 62.3 Å². The number of carbonyl (C=O) groups excluding carboxylic acids is 2. The molecule has 152 valence electrons. The van der Waals surface area contributed by atoms with Crippen LogP contribution in [0.15, 0.2) is 58.9 Å². The molecule has 2 aromatic carbocycles. The maximum absolute atomic E-state index is 12.5. The molecule has 30 heavy (non-hydrogen) atoms. The molecule has 0 unspecified atom stereocenters. The van der Waals surface area contributed by atoms with Crippen LogP contribution in [0.3, 0.4) is 0 Å². The third-order valence-corrected chi connectivity index (χ3v) is 6.62. The molecule has 1 aliphatic heterocycles. The van der Waals surface area contributed by atoms with Gasteiger partial charge in [0.25, 0.3) is 0 Å². The number of halogens is 1. The first kappa shape index (κ1) is 20.7. The van der Waals surface area contributed by atoms with Crippen molar-refractivity contribution in [3.63, 3.8) is 0 Å². The van der Waals surface area contributed by atoms with E-state index in [2.05, 4.69) is 22.4 Å². The van der Waals surface area contributed by atoms with Gasteiger partial charge in [-0.05, 0) is 19.1 Å². The summed E-state index contributed by atoms with van der Waals surface area (Å²) in [7, 11) is 0. The summed E-state index contributed by atoms with van der Waals surface area (Å²) >= 11 is 9.01. The number of amides is 2. The predicted octanol–water partition coefficient (Wildman–Crippen LogP) is 5.28. The third kappa shape index (κ3) is 4.75. The number of anilines is 1. The van der Waals surface area contributed by atoms with E-state index < -0.39 is 0 Å². The monoisotopic (exact) mass is 455 g/mol. The van der Waals surface area contributed by atoms with Gasteiger partial charge in [0.2, 0.25) is 11.8 Å². The minimum Gasteiger partial charge on any atom is -0.323 e. The van der Waals surface area contributed by atoms with Crippen LogP contribution in [0.25, 0.3) is 17.3 Å². The van der Waals surface area contributed by atoms with E-state index in [1.807, 2.05) is 30.5 Å². The first-order valence-electron chi connectivity index (χ1n) is 9.21. The Bertz CT molecular complexity index is 1130. The number of rotatable bonds is 5. The van der Waals surface area contributed by atoms with E-state index in [1.165, 1.54) is 33.6 Å². The molecule has 0 spiro atoms. The highest BCUT2D eigenvalue weighted by molar-refractivity contribution is 8.04. The maximum atomic E-state index is 12.5. The van der Waals surface area contributed by atoms with Crippen molar-refractivity contribution < 1.29 is 9.59 Å². The summed E-state index contributed by atoms with van der Waals surface area (Å²) < 4.78 is 0. The van der Waals surface area contributed by atoms with Crippen LogP contribution in [0.5, 0.6) is 0 Å². The number of benzene rings is 2. The summed E-state index contributed by atoms with van der Waals surface area (Å²) in [6.45, 7) is 1.98. The molecule has 0 aliphatic carbocycles. The second-order valence-electron chi connectivity index (χ2n) is 6.72. The molecule has 2 heterocycles. The van der Waals surface area contributed by atoms with E-state index in [0.717, 1.165) is 21.3 Å². The first-order chi connectivity index (χ1) is 14.5. The molecule has 1 aromatic heterocycles. The van der Waals surface area contributed by atoms with E-state index in [1.54, 1.807) is 24.3 Å². The molecule has 4 rings (SSSR count). The fraction of sp³-hybridized carbons (Fsp3) is 0.136. The number of nitrogens with one attached hydrogen (secondary N) is 1. The Kier molecular flexibility index (Phi) is 6.22. The van der Waals surface area contributed by atoms with E-state index >= 15 is 0 Å². The van der Waals surface area contributed by atoms with Gasteiger partial charge in [0.05, 0.1) is 27.2 Å². The average molecular weight is 456 g/mol. The van der Waals surface area contributed by atoms with Crippen LogP contribution in [-0.4, -0.2) is 34.0 Å². The molecule has 1 saturated heterocycles. The van der Waals surface area contributed by atoms with E-state index in [4.69, 9.17) is 11.6 Å². The zero-order chi connectivity index (χ0) is 21.1. The molecule has 1 fully saturated rings. The first-order valence-corrected chi connectivity index (χ1v) is 11.5. The maximum Gasteiger partial charge on any atom is 0.244 e. The van der Waals surface area contributed by atoms with Crippen LogP contribution in [0, 0.1) is 6.92 Å². The summed E-state index contributed by atoms with van der Waals surface area (Å²) in [4.78, 5) is 31.0. The normalized spacial score (nSPS) is 15.1. The number of hydrogen-bond donors (Lipinski definition) is 1. The van der Waals surface area contributed by atoms with Gasteiger partial charge in [-0.3, -0.25) is 14.5 Å². The van der Waals surface area contributed by atoms with Gasteiger partial charge in [-0.2, -0.15) is 0 Å². The Labute approximate surface area is 187 Å². The number of carbonyl (C=O) groups is 2. The summed E-state index contributed by atoms with van der Waals surface area (Å²) in [6, 6.07) is 15.2. The fourth-order valence-corrected chi connectivity index (χ4v) is 4.87. The standard InChI is InChI=1S/C22H18ClN3O2S2/c1-14-6-8-15(9-7-14)18-12-29-20(25-18)10-22-26(21(28)13-30-22)11-19(27)24-17-5-3-2-4-16(17)23/h2-10,12H,11,13H2,1H3,(H,24,27)/b22-10-. The van der Waals surface area contributed by atoms with E-state index in [9.17, 15) is 9.59 Å². The number of aryl methyl sites for hydroxylation is 1. The Balaban J connectivity index is 1.49. The minimum absolute atomic E-state index is 0.0704. The van der Waals surface area contributed by atoms with Crippen molar-refractivity contribution in [2.24, 2.45) is 0 Å². The van der Waals surface area contributed by atoms with Gasteiger partial charge < -0.3 is 5.32 Å². The Hall–Kier alpha value is -2.61. The second kappa shape index (κ2) is 9.04. The van der Waals surface area contributed by atoms with Crippen molar-refractivity contribution in [1.82, 2.24) is 9.88 Å².